The van der Waals surface area contributed by atoms with Crippen molar-refractivity contribution in [2.75, 3.05) is 28.3 Å². The van der Waals surface area contributed by atoms with Crippen LogP contribution in [0.15, 0.2) is 0 Å². The molecular formula is C37H67N3O7. The van der Waals surface area contributed by atoms with Gasteiger partial charge in [0.15, 0.2) is 5.60 Å². The van der Waals surface area contributed by atoms with Gasteiger partial charge in [-0.15, -0.1) is 0 Å². The van der Waals surface area contributed by atoms with Crippen LogP contribution in [0.1, 0.15) is 134 Å². The molecule has 0 N–H and O–H groups in total. The molecule has 3 aliphatic rings. The Bertz CT molecular complexity index is 1060. The van der Waals surface area contributed by atoms with E-state index in [1.807, 2.05) is 0 Å². The number of likely N-dealkylation sites (tertiary alicyclic amines) is 3. The SMILES string of the molecule is COC(CC(=O)OC1CC(C)(C)N(C)C(C)(C)C1)(CC(=O)OC1CC(C)(C)N(C)C(C)(C)C1)C(=O)OC1CC(C)(C)N(C)C(C)(C)C1. The first-order chi connectivity index (χ1) is 21.1. The van der Waals surface area contributed by atoms with Crippen molar-refractivity contribution < 1.29 is 33.3 Å². The molecule has 0 aliphatic carbocycles. The van der Waals surface area contributed by atoms with Crippen LogP contribution in [0.3, 0.4) is 0 Å². The predicted octanol–water partition coefficient (Wildman–Crippen LogP) is 5.74. The van der Waals surface area contributed by atoms with Crippen LogP contribution in [0.5, 0.6) is 0 Å². The number of hydrogen-bond acceptors (Lipinski definition) is 10. The third-order valence-corrected chi connectivity index (χ3v) is 12.3. The topological polar surface area (TPSA) is 97.8 Å². The molecule has 272 valence electrons. The van der Waals surface area contributed by atoms with Gasteiger partial charge < -0.3 is 18.9 Å². The largest absolute Gasteiger partial charge is 0.462 e. The van der Waals surface area contributed by atoms with E-state index in [2.05, 4.69) is 119 Å². The lowest BCUT2D eigenvalue weighted by Gasteiger charge is -2.53. The number of rotatable bonds is 9. The smallest absolute Gasteiger partial charge is 0.339 e. The number of hydrogen-bond donors (Lipinski definition) is 0. The minimum Gasteiger partial charge on any atom is -0.462 e. The van der Waals surface area contributed by atoms with E-state index < -0.39 is 42.5 Å². The van der Waals surface area contributed by atoms with Gasteiger partial charge in [-0.05, 0) is 104 Å². The van der Waals surface area contributed by atoms with Crippen LogP contribution in [-0.4, -0.2) is 118 Å². The Labute approximate surface area is 285 Å². The van der Waals surface area contributed by atoms with Gasteiger partial charge in [-0.1, -0.05) is 0 Å². The average Bonchev–Trinajstić information content (AvgIpc) is 2.87. The number of esters is 3. The van der Waals surface area contributed by atoms with Gasteiger partial charge in [0.05, 0.1) is 12.8 Å². The predicted molar refractivity (Wildman–Crippen MR) is 184 cm³/mol. The minimum absolute atomic E-state index is 0.197. The van der Waals surface area contributed by atoms with E-state index in [0.717, 1.165) is 0 Å². The second kappa shape index (κ2) is 13.2. The Morgan fingerprint density at radius 2 is 0.745 bits per heavy atom. The number of methoxy groups -OCH3 is 1. The number of carbonyl (C=O) groups is 3. The van der Waals surface area contributed by atoms with E-state index in [4.69, 9.17) is 18.9 Å². The van der Waals surface area contributed by atoms with Crippen molar-refractivity contribution in [3.05, 3.63) is 0 Å². The monoisotopic (exact) mass is 665 g/mol. The summed E-state index contributed by atoms with van der Waals surface area (Å²) in [6.07, 6.45) is 1.78. The molecule has 3 rings (SSSR count). The fraction of sp³-hybridized carbons (Fsp3) is 0.919. The molecule has 0 atom stereocenters. The van der Waals surface area contributed by atoms with Crippen LogP contribution < -0.4 is 0 Å². The maximum atomic E-state index is 14.2. The second-order valence-corrected chi connectivity index (χ2v) is 18.6. The lowest BCUT2D eigenvalue weighted by atomic mass is 9.78. The summed E-state index contributed by atoms with van der Waals surface area (Å²) in [6.45, 7) is 25.6. The molecule has 10 nitrogen and oxygen atoms in total. The number of carbonyl (C=O) groups excluding carboxylic acids is 3. The van der Waals surface area contributed by atoms with Crippen molar-refractivity contribution in [3.63, 3.8) is 0 Å². The molecule has 0 unspecified atom stereocenters. The van der Waals surface area contributed by atoms with Crippen molar-refractivity contribution in [1.82, 2.24) is 14.7 Å². The van der Waals surface area contributed by atoms with Gasteiger partial charge in [0.2, 0.25) is 0 Å². The average molecular weight is 666 g/mol. The molecule has 0 amide bonds. The van der Waals surface area contributed by atoms with Crippen LogP contribution in [-0.2, 0) is 33.3 Å². The van der Waals surface area contributed by atoms with Gasteiger partial charge in [0.1, 0.15) is 18.3 Å². The van der Waals surface area contributed by atoms with Gasteiger partial charge in [-0.3, -0.25) is 24.3 Å². The summed E-state index contributed by atoms with van der Waals surface area (Å²) in [5.74, 6) is -1.92. The number of ether oxygens (including phenoxy) is 4. The van der Waals surface area contributed by atoms with Crippen molar-refractivity contribution >= 4 is 17.9 Å². The third-order valence-electron chi connectivity index (χ3n) is 12.3. The molecule has 3 saturated heterocycles. The summed E-state index contributed by atoms with van der Waals surface area (Å²) in [6, 6.07) is 0. The first-order valence-electron chi connectivity index (χ1n) is 17.5. The molecule has 3 fully saturated rings. The zero-order valence-electron chi connectivity index (χ0n) is 32.6. The van der Waals surface area contributed by atoms with Crippen molar-refractivity contribution in [2.45, 2.75) is 192 Å². The molecule has 3 heterocycles. The summed E-state index contributed by atoms with van der Waals surface area (Å²) in [4.78, 5) is 48.6. The molecule has 47 heavy (non-hydrogen) atoms. The second-order valence-electron chi connectivity index (χ2n) is 18.6. The standard InChI is InChI=1S/C37H67N3O7/c1-31(2)17-25(18-32(3,4)38(31)13)45-28(41)23-37(44-16,30(43)47-27-21-35(9,10)40(15)36(11,12)22-27)24-29(42)46-26-19-33(5,6)39(14)34(7,8)20-26/h25-27H,17-24H2,1-16H3. The highest BCUT2D eigenvalue weighted by Crippen LogP contribution is 2.42. The van der Waals surface area contributed by atoms with Gasteiger partial charge in [-0.25, -0.2) is 4.79 Å². The zero-order chi connectivity index (χ0) is 36.2. The molecule has 0 aromatic rings. The van der Waals surface area contributed by atoms with Gasteiger partial charge in [0.25, 0.3) is 0 Å². The highest BCUT2D eigenvalue weighted by Gasteiger charge is 2.52. The molecule has 10 heteroatoms. The molecule has 0 radical (unpaired) electrons. The van der Waals surface area contributed by atoms with Gasteiger partial charge >= 0.3 is 17.9 Å². The highest BCUT2D eigenvalue weighted by atomic mass is 16.6. The fourth-order valence-corrected chi connectivity index (χ4v) is 8.70. The molecule has 0 spiro atoms. The Morgan fingerprint density at radius 3 is 0.979 bits per heavy atom. The van der Waals surface area contributed by atoms with Crippen LogP contribution in [0.25, 0.3) is 0 Å². The lowest BCUT2D eigenvalue weighted by molar-refractivity contribution is -0.195. The minimum atomic E-state index is -1.89. The highest BCUT2D eigenvalue weighted by molar-refractivity contribution is 5.90. The van der Waals surface area contributed by atoms with E-state index >= 15 is 0 Å². The first kappa shape index (κ1) is 39.7. The summed E-state index contributed by atoms with van der Waals surface area (Å²) in [5.41, 5.74) is -3.15. The normalized spacial score (nSPS) is 26.8. The summed E-state index contributed by atoms with van der Waals surface area (Å²) >= 11 is 0. The maximum Gasteiger partial charge on any atom is 0.339 e. The Hall–Kier alpha value is -1.75. The van der Waals surface area contributed by atoms with Crippen molar-refractivity contribution in [1.29, 1.82) is 0 Å². The van der Waals surface area contributed by atoms with Crippen LogP contribution in [0.2, 0.25) is 0 Å². The summed E-state index contributed by atoms with van der Waals surface area (Å²) in [7, 11) is 7.62. The van der Waals surface area contributed by atoms with Crippen LogP contribution >= 0.6 is 0 Å². The fourth-order valence-electron chi connectivity index (χ4n) is 8.70. The van der Waals surface area contributed by atoms with E-state index in [1.165, 1.54) is 7.11 Å². The maximum absolute atomic E-state index is 14.2. The molecule has 0 aromatic heterocycles. The summed E-state index contributed by atoms with van der Waals surface area (Å²) in [5, 5.41) is 0. The third kappa shape index (κ3) is 8.71. The molecule has 3 aliphatic heterocycles. The molecule has 0 aromatic carbocycles. The van der Waals surface area contributed by atoms with Crippen molar-refractivity contribution in [3.8, 4) is 0 Å². The van der Waals surface area contributed by atoms with E-state index in [1.54, 1.807) is 0 Å². The first-order valence-corrected chi connectivity index (χ1v) is 17.5. The van der Waals surface area contributed by atoms with Gasteiger partial charge in [0, 0.05) is 78.9 Å². The van der Waals surface area contributed by atoms with E-state index in [0.29, 0.717) is 38.5 Å². The summed E-state index contributed by atoms with van der Waals surface area (Å²) < 4.78 is 24.2. The van der Waals surface area contributed by atoms with Gasteiger partial charge in [-0.2, -0.15) is 0 Å². The molecular weight excluding hydrogens is 598 g/mol. The lowest BCUT2D eigenvalue weighted by Crippen LogP contribution is -2.61. The van der Waals surface area contributed by atoms with Crippen molar-refractivity contribution in [2.24, 2.45) is 0 Å². The quantitative estimate of drug-likeness (QED) is 0.224. The number of piperidine rings is 3. The zero-order valence-corrected chi connectivity index (χ0v) is 32.6. The van der Waals surface area contributed by atoms with Crippen LogP contribution in [0, 0.1) is 0 Å². The van der Waals surface area contributed by atoms with E-state index in [-0.39, 0.29) is 45.4 Å². The Morgan fingerprint density at radius 1 is 0.511 bits per heavy atom. The number of nitrogens with zero attached hydrogens (tertiary/aromatic N) is 3. The Kier molecular flexibility index (Phi) is 11.1. The molecule has 0 bridgehead atoms. The molecule has 0 saturated carbocycles. The van der Waals surface area contributed by atoms with Crippen LogP contribution in [0.4, 0.5) is 0 Å². The Balaban J connectivity index is 1.87. The van der Waals surface area contributed by atoms with E-state index in [9.17, 15) is 14.4 Å².